The van der Waals surface area contributed by atoms with Gasteiger partial charge >= 0.3 is 0 Å². The Morgan fingerprint density at radius 3 is 1.94 bits per heavy atom. The highest BCUT2D eigenvalue weighted by Crippen LogP contribution is 2.53. The van der Waals surface area contributed by atoms with Crippen LogP contribution in [0.2, 0.25) is 5.02 Å². The summed E-state index contributed by atoms with van der Waals surface area (Å²) in [5.41, 5.74) is 6.03. The van der Waals surface area contributed by atoms with Gasteiger partial charge in [-0.1, -0.05) is 54.1 Å². The summed E-state index contributed by atoms with van der Waals surface area (Å²) in [5, 5.41) is 3.43. The lowest BCUT2D eigenvalue weighted by Crippen LogP contribution is -2.43. The summed E-state index contributed by atoms with van der Waals surface area (Å²) >= 11 is 6.53. The molecule has 1 fully saturated rings. The number of nitrogens with two attached hydrogens (primary N) is 1. The smallest absolute Gasteiger partial charge is 0.225 e. The van der Waals surface area contributed by atoms with Gasteiger partial charge in [-0.25, -0.2) is 8.78 Å². The van der Waals surface area contributed by atoms with Crippen molar-refractivity contribution < 1.29 is 18.4 Å². The topological polar surface area (TPSA) is 72.2 Å². The maximum Gasteiger partial charge on any atom is 0.225 e. The van der Waals surface area contributed by atoms with Crippen LogP contribution < -0.4 is 11.1 Å². The Labute approximate surface area is 183 Å². The number of halogens is 3. The molecule has 3 aromatic carbocycles. The van der Waals surface area contributed by atoms with Crippen LogP contribution in [0.25, 0.3) is 0 Å². The summed E-state index contributed by atoms with van der Waals surface area (Å²) in [6.45, 7) is 0. The van der Waals surface area contributed by atoms with Gasteiger partial charge in [0.1, 0.15) is 11.6 Å². The van der Waals surface area contributed by atoms with Gasteiger partial charge in [-0.15, -0.1) is 0 Å². The maximum absolute atomic E-state index is 13.7. The Hall–Kier alpha value is -3.25. The van der Waals surface area contributed by atoms with E-state index in [9.17, 15) is 18.4 Å². The van der Waals surface area contributed by atoms with Gasteiger partial charge in [-0.05, 0) is 47.0 Å². The van der Waals surface area contributed by atoms with Crippen LogP contribution in [0.1, 0.15) is 29.0 Å². The van der Waals surface area contributed by atoms with Crippen molar-refractivity contribution >= 4 is 23.4 Å². The van der Waals surface area contributed by atoms with E-state index in [1.807, 2.05) is 0 Å². The molecule has 3 aromatic rings. The minimum Gasteiger partial charge on any atom is -0.370 e. The highest BCUT2D eigenvalue weighted by atomic mass is 35.5. The van der Waals surface area contributed by atoms with E-state index in [0.29, 0.717) is 21.7 Å². The number of primary amides is 1. The van der Waals surface area contributed by atoms with Crippen LogP contribution in [0.15, 0.2) is 72.8 Å². The van der Waals surface area contributed by atoms with E-state index in [0.717, 1.165) is 0 Å². The zero-order valence-electron chi connectivity index (χ0n) is 16.3. The highest BCUT2D eigenvalue weighted by molar-refractivity contribution is 6.31. The SMILES string of the molecule is NC(=O)C[C@@H]1C(=O)NC(c2ccc(F)cc2)(c2ccc(F)cc2)C1c1ccccc1Cl. The van der Waals surface area contributed by atoms with E-state index in [1.165, 1.54) is 24.3 Å². The molecular weight excluding hydrogens is 422 g/mol. The van der Waals surface area contributed by atoms with E-state index in [4.69, 9.17) is 17.3 Å². The molecule has 3 N–H and O–H groups in total. The standard InChI is InChI=1S/C24H19ClF2N2O2/c25-20-4-2-1-3-18(20)22-19(13-21(28)30)23(31)29-24(22,14-5-9-16(26)10-6-14)15-7-11-17(27)12-8-15/h1-12,19,22H,13H2,(H2,28,30)(H,29,31)/t19-,22?/m0/s1. The van der Waals surface area contributed by atoms with Gasteiger partial charge < -0.3 is 11.1 Å². The molecule has 1 aliphatic heterocycles. The molecule has 0 aromatic heterocycles. The zero-order valence-corrected chi connectivity index (χ0v) is 17.1. The van der Waals surface area contributed by atoms with Crippen LogP contribution >= 0.6 is 11.6 Å². The first-order valence-corrected chi connectivity index (χ1v) is 10.1. The number of carbonyl (C=O) groups is 2. The van der Waals surface area contributed by atoms with Gasteiger partial charge in [0, 0.05) is 17.4 Å². The molecule has 2 atom stereocenters. The van der Waals surface area contributed by atoms with E-state index >= 15 is 0 Å². The molecule has 0 bridgehead atoms. The van der Waals surface area contributed by atoms with Gasteiger partial charge in [0.25, 0.3) is 0 Å². The van der Waals surface area contributed by atoms with Crippen molar-refractivity contribution in [3.63, 3.8) is 0 Å². The molecule has 0 saturated carbocycles. The Balaban J connectivity index is 2.04. The van der Waals surface area contributed by atoms with Crippen molar-refractivity contribution in [3.05, 3.63) is 106 Å². The van der Waals surface area contributed by atoms with E-state index in [2.05, 4.69) is 5.32 Å². The quantitative estimate of drug-likeness (QED) is 0.622. The van der Waals surface area contributed by atoms with E-state index in [-0.39, 0.29) is 6.42 Å². The lowest BCUT2D eigenvalue weighted by Gasteiger charge is -2.38. The first kappa shape index (κ1) is 21.0. The lowest BCUT2D eigenvalue weighted by molar-refractivity contribution is -0.127. The second-order valence-electron chi connectivity index (χ2n) is 7.59. The summed E-state index contributed by atoms with van der Waals surface area (Å²) in [6, 6.07) is 18.4. The number of nitrogens with one attached hydrogen (secondary N) is 1. The number of hydrogen-bond acceptors (Lipinski definition) is 2. The molecule has 1 aliphatic rings. The molecule has 158 valence electrons. The third-order valence-corrected chi connectivity index (χ3v) is 6.13. The van der Waals surface area contributed by atoms with Crippen molar-refractivity contribution in [1.29, 1.82) is 0 Å². The molecule has 4 nitrogen and oxygen atoms in total. The summed E-state index contributed by atoms with van der Waals surface area (Å²) in [6.07, 6.45) is -0.203. The number of benzene rings is 3. The minimum atomic E-state index is -1.22. The van der Waals surface area contributed by atoms with Gasteiger partial charge in [0.05, 0.1) is 11.5 Å². The molecule has 2 amide bonds. The van der Waals surface area contributed by atoms with Gasteiger partial charge in [-0.2, -0.15) is 0 Å². The molecule has 7 heteroatoms. The summed E-state index contributed by atoms with van der Waals surface area (Å²) in [4.78, 5) is 25.0. The second kappa shape index (κ2) is 8.12. The molecule has 1 unspecified atom stereocenters. The Morgan fingerprint density at radius 1 is 0.935 bits per heavy atom. The fourth-order valence-electron chi connectivity index (χ4n) is 4.52. The average molecular weight is 441 g/mol. The van der Waals surface area contributed by atoms with Gasteiger partial charge in [0.2, 0.25) is 11.8 Å². The third-order valence-electron chi connectivity index (χ3n) is 5.79. The monoisotopic (exact) mass is 440 g/mol. The van der Waals surface area contributed by atoms with Crippen LogP contribution in [0.3, 0.4) is 0 Å². The summed E-state index contributed by atoms with van der Waals surface area (Å²) in [5.74, 6) is -3.39. The lowest BCUT2D eigenvalue weighted by atomic mass is 9.67. The number of rotatable bonds is 5. The molecule has 4 rings (SSSR count). The minimum absolute atomic E-state index is 0.203. The van der Waals surface area contributed by atoms with Crippen LogP contribution in [0.4, 0.5) is 8.78 Å². The van der Waals surface area contributed by atoms with Crippen LogP contribution in [-0.2, 0) is 15.1 Å². The molecular formula is C24H19ClF2N2O2. The summed E-state index contributed by atoms with van der Waals surface area (Å²) in [7, 11) is 0. The van der Waals surface area contributed by atoms with Gasteiger partial charge in [0.15, 0.2) is 0 Å². The molecule has 31 heavy (non-hydrogen) atoms. The van der Waals surface area contributed by atoms with Crippen molar-refractivity contribution in [2.24, 2.45) is 11.7 Å². The van der Waals surface area contributed by atoms with E-state index < -0.39 is 40.8 Å². The molecule has 1 saturated heterocycles. The normalized spacial score (nSPS) is 19.8. The second-order valence-corrected chi connectivity index (χ2v) is 7.99. The third kappa shape index (κ3) is 3.68. The van der Waals surface area contributed by atoms with Crippen molar-refractivity contribution in [2.45, 2.75) is 17.9 Å². The number of hydrogen-bond donors (Lipinski definition) is 2. The molecule has 0 spiro atoms. The van der Waals surface area contributed by atoms with Crippen molar-refractivity contribution in [1.82, 2.24) is 5.32 Å². The van der Waals surface area contributed by atoms with Gasteiger partial charge in [-0.3, -0.25) is 9.59 Å². The molecule has 1 heterocycles. The fraction of sp³-hybridized carbons (Fsp3) is 0.167. The zero-order chi connectivity index (χ0) is 22.2. The first-order valence-electron chi connectivity index (χ1n) is 9.70. The highest BCUT2D eigenvalue weighted by Gasteiger charge is 2.56. The number of amides is 2. The number of carbonyl (C=O) groups excluding carboxylic acids is 2. The largest absolute Gasteiger partial charge is 0.370 e. The van der Waals surface area contributed by atoms with Crippen LogP contribution in [0, 0.1) is 17.6 Å². The van der Waals surface area contributed by atoms with Crippen LogP contribution in [-0.4, -0.2) is 11.8 Å². The van der Waals surface area contributed by atoms with Crippen molar-refractivity contribution in [3.8, 4) is 0 Å². The predicted octanol–water partition coefficient (Wildman–Crippen LogP) is 4.27. The fourth-order valence-corrected chi connectivity index (χ4v) is 4.77. The average Bonchev–Trinajstić information content (AvgIpc) is 3.02. The maximum atomic E-state index is 13.7. The predicted molar refractivity (Wildman–Crippen MR) is 113 cm³/mol. The van der Waals surface area contributed by atoms with Crippen molar-refractivity contribution in [2.75, 3.05) is 0 Å². The van der Waals surface area contributed by atoms with Crippen LogP contribution in [0.5, 0.6) is 0 Å². The summed E-state index contributed by atoms with van der Waals surface area (Å²) < 4.78 is 27.5. The Kier molecular flexibility index (Phi) is 5.50. The van der Waals surface area contributed by atoms with E-state index in [1.54, 1.807) is 48.5 Å². The first-order chi connectivity index (χ1) is 14.8. The Bertz CT molecular complexity index is 1090. The molecule has 0 aliphatic carbocycles. The Morgan fingerprint density at radius 2 is 1.45 bits per heavy atom. The molecule has 0 radical (unpaired) electrons.